The lowest BCUT2D eigenvalue weighted by molar-refractivity contribution is -0.131. The third-order valence-corrected chi connectivity index (χ3v) is 7.27. The van der Waals surface area contributed by atoms with Crippen LogP contribution in [0.1, 0.15) is 31.4 Å². The number of benzene rings is 1. The molecule has 6 heteroatoms. The fourth-order valence-corrected chi connectivity index (χ4v) is 5.78. The summed E-state index contributed by atoms with van der Waals surface area (Å²) in [5.41, 5.74) is 2.33. The number of hydrogen-bond donors (Lipinski definition) is 0. The van der Waals surface area contributed by atoms with Gasteiger partial charge >= 0.3 is 0 Å². The Hall–Kier alpha value is -1.01. The zero-order chi connectivity index (χ0) is 17.2. The van der Waals surface area contributed by atoms with E-state index >= 15 is 0 Å². The molecule has 0 aliphatic carbocycles. The molecule has 0 aromatic heterocycles. The highest BCUT2D eigenvalue weighted by molar-refractivity contribution is 8.00. The first-order chi connectivity index (χ1) is 10.7. The van der Waals surface area contributed by atoms with Crippen LogP contribution >= 0.6 is 11.8 Å². The van der Waals surface area contributed by atoms with Crippen molar-refractivity contribution in [1.82, 2.24) is 4.90 Å². The molecular weight excluding hydrogens is 330 g/mol. The van der Waals surface area contributed by atoms with Gasteiger partial charge in [-0.05, 0) is 45.7 Å². The maximum atomic E-state index is 12.8. The van der Waals surface area contributed by atoms with Crippen LogP contribution in [0.4, 0.5) is 0 Å². The maximum Gasteiger partial charge on any atom is 0.236 e. The van der Waals surface area contributed by atoms with Gasteiger partial charge in [-0.15, -0.1) is 11.8 Å². The average Bonchev–Trinajstić information content (AvgIpc) is 2.83. The van der Waals surface area contributed by atoms with Gasteiger partial charge in [0.05, 0.1) is 16.8 Å². The van der Waals surface area contributed by atoms with Crippen molar-refractivity contribution in [1.29, 1.82) is 0 Å². The lowest BCUT2D eigenvalue weighted by Crippen LogP contribution is -2.44. The molecule has 1 aliphatic heterocycles. The Bertz CT molecular complexity index is 685. The fourth-order valence-electron chi connectivity index (χ4n) is 2.92. The number of sulfone groups is 1. The van der Waals surface area contributed by atoms with E-state index in [0.717, 1.165) is 10.5 Å². The van der Waals surface area contributed by atoms with Crippen molar-refractivity contribution in [2.75, 3.05) is 18.1 Å². The van der Waals surface area contributed by atoms with Crippen molar-refractivity contribution in [2.24, 2.45) is 0 Å². The van der Waals surface area contributed by atoms with Gasteiger partial charge in [-0.2, -0.15) is 0 Å². The molecule has 1 aromatic rings. The molecule has 0 spiro atoms. The van der Waals surface area contributed by atoms with Gasteiger partial charge in [-0.1, -0.05) is 17.7 Å². The number of amides is 1. The third-order valence-electron chi connectivity index (χ3n) is 4.27. The van der Waals surface area contributed by atoms with Crippen molar-refractivity contribution in [3.8, 4) is 0 Å². The van der Waals surface area contributed by atoms with Gasteiger partial charge in [0.2, 0.25) is 5.91 Å². The van der Waals surface area contributed by atoms with Crippen LogP contribution in [0.15, 0.2) is 23.1 Å². The molecule has 0 radical (unpaired) electrons. The molecule has 1 saturated heterocycles. The van der Waals surface area contributed by atoms with Crippen molar-refractivity contribution >= 4 is 27.5 Å². The van der Waals surface area contributed by atoms with Crippen molar-refractivity contribution in [3.63, 3.8) is 0 Å². The Labute approximate surface area is 143 Å². The van der Waals surface area contributed by atoms with Crippen LogP contribution in [-0.2, 0) is 14.6 Å². The molecule has 1 aliphatic rings. The molecule has 1 heterocycles. The number of carbonyl (C=O) groups excluding carboxylic acids is 1. The summed E-state index contributed by atoms with van der Waals surface area (Å²) in [4.78, 5) is 15.6. The molecule has 4 nitrogen and oxygen atoms in total. The molecule has 1 aromatic carbocycles. The summed E-state index contributed by atoms with van der Waals surface area (Å²) in [6.45, 7) is 8.45. The Balaban J connectivity index is 2.10. The topological polar surface area (TPSA) is 54.5 Å². The first-order valence-corrected chi connectivity index (χ1v) is 10.7. The van der Waals surface area contributed by atoms with Crippen LogP contribution < -0.4 is 0 Å². The zero-order valence-corrected chi connectivity index (χ0v) is 15.8. The Morgan fingerprint density at radius 3 is 2.65 bits per heavy atom. The van der Waals surface area contributed by atoms with E-state index in [-0.39, 0.29) is 28.7 Å². The van der Waals surface area contributed by atoms with Crippen LogP contribution in [0, 0.1) is 13.8 Å². The summed E-state index contributed by atoms with van der Waals surface area (Å²) >= 11 is 1.55. The highest BCUT2D eigenvalue weighted by Gasteiger charge is 2.35. The highest BCUT2D eigenvalue weighted by atomic mass is 32.2. The molecule has 1 amide bonds. The van der Waals surface area contributed by atoms with E-state index in [4.69, 9.17) is 0 Å². The molecular formula is C17H25NO3S2. The second-order valence-corrected chi connectivity index (χ2v) is 9.82. The lowest BCUT2D eigenvalue weighted by atomic mass is 10.2. The second kappa shape index (κ2) is 7.26. The minimum Gasteiger partial charge on any atom is -0.338 e. The van der Waals surface area contributed by atoms with E-state index < -0.39 is 9.84 Å². The molecule has 128 valence electrons. The summed E-state index contributed by atoms with van der Waals surface area (Å²) in [5, 5.41) is -0.223. The summed E-state index contributed by atoms with van der Waals surface area (Å²) < 4.78 is 23.4. The maximum absolute atomic E-state index is 12.8. The predicted octanol–water partition coefficient (Wildman–Crippen LogP) is 2.82. The van der Waals surface area contributed by atoms with E-state index in [1.165, 1.54) is 5.56 Å². The Morgan fingerprint density at radius 2 is 2.09 bits per heavy atom. The zero-order valence-electron chi connectivity index (χ0n) is 14.2. The number of nitrogens with zero attached hydrogens (tertiary/aromatic N) is 1. The van der Waals surface area contributed by atoms with Gasteiger partial charge in [-0.3, -0.25) is 4.79 Å². The fraction of sp³-hybridized carbons (Fsp3) is 0.588. The van der Waals surface area contributed by atoms with Crippen molar-refractivity contribution < 1.29 is 13.2 Å². The Kier molecular flexibility index (Phi) is 5.79. The van der Waals surface area contributed by atoms with Crippen molar-refractivity contribution in [3.05, 3.63) is 29.3 Å². The first-order valence-electron chi connectivity index (χ1n) is 7.98. The van der Waals surface area contributed by atoms with E-state index in [2.05, 4.69) is 18.2 Å². The van der Waals surface area contributed by atoms with Gasteiger partial charge in [0.15, 0.2) is 9.84 Å². The van der Waals surface area contributed by atoms with E-state index in [1.54, 1.807) is 16.7 Å². The molecule has 0 bridgehead atoms. The molecule has 0 saturated carbocycles. The van der Waals surface area contributed by atoms with Crippen LogP contribution in [0.2, 0.25) is 0 Å². The standard InChI is InChI=1S/C17H25NO3S2/c1-5-18(15-8-9-23(20,21)11-15)17(19)14(4)22-16-10-12(2)6-7-13(16)3/h6-7,10,14-15H,5,8-9,11H2,1-4H3. The SMILES string of the molecule is CCN(C(=O)C(C)Sc1cc(C)ccc1C)C1CCS(=O)(=O)C1. The highest BCUT2D eigenvalue weighted by Crippen LogP contribution is 2.29. The van der Waals surface area contributed by atoms with Gasteiger partial charge in [0.1, 0.15) is 0 Å². The largest absolute Gasteiger partial charge is 0.338 e. The number of thioether (sulfide) groups is 1. The quantitative estimate of drug-likeness (QED) is 0.762. The molecule has 23 heavy (non-hydrogen) atoms. The van der Waals surface area contributed by atoms with E-state index in [9.17, 15) is 13.2 Å². The van der Waals surface area contributed by atoms with E-state index in [1.807, 2.05) is 27.7 Å². The van der Waals surface area contributed by atoms with Gasteiger partial charge < -0.3 is 4.90 Å². The summed E-state index contributed by atoms with van der Waals surface area (Å²) in [7, 11) is -2.98. The monoisotopic (exact) mass is 355 g/mol. The predicted molar refractivity (Wildman–Crippen MR) is 95.7 cm³/mol. The number of rotatable bonds is 5. The van der Waals surface area contributed by atoms with Crippen LogP contribution in [0.3, 0.4) is 0 Å². The lowest BCUT2D eigenvalue weighted by Gasteiger charge is -2.29. The second-order valence-electron chi connectivity index (χ2n) is 6.21. The first kappa shape index (κ1) is 18.3. The minimum atomic E-state index is -2.98. The van der Waals surface area contributed by atoms with Gasteiger partial charge in [0, 0.05) is 17.5 Å². The van der Waals surface area contributed by atoms with E-state index in [0.29, 0.717) is 13.0 Å². The molecule has 0 N–H and O–H groups in total. The molecule has 2 rings (SSSR count). The smallest absolute Gasteiger partial charge is 0.236 e. The number of hydrogen-bond acceptors (Lipinski definition) is 4. The normalized spacial score (nSPS) is 21.1. The van der Waals surface area contributed by atoms with Crippen LogP contribution in [0.25, 0.3) is 0 Å². The third kappa shape index (κ3) is 4.51. The molecule has 1 fully saturated rings. The summed E-state index contributed by atoms with van der Waals surface area (Å²) in [6.07, 6.45) is 0.558. The Morgan fingerprint density at radius 1 is 1.39 bits per heavy atom. The molecule has 2 atom stereocenters. The van der Waals surface area contributed by atoms with Crippen molar-refractivity contribution in [2.45, 2.75) is 50.3 Å². The summed E-state index contributed by atoms with van der Waals surface area (Å²) in [5.74, 6) is 0.327. The van der Waals surface area contributed by atoms with Gasteiger partial charge in [-0.25, -0.2) is 8.42 Å². The van der Waals surface area contributed by atoms with Gasteiger partial charge in [0.25, 0.3) is 0 Å². The number of carbonyl (C=O) groups is 1. The van der Waals surface area contributed by atoms with Crippen LogP contribution in [-0.4, -0.2) is 48.6 Å². The number of aryl methyl sites for hydroxylation is 2. The van der Waals surface area contributed by atoms with Crippen LogP contribution in [0.5, 0.6) is 0 Å². The average molecular weight is 356 g/mol. The molecule has 2 unspecified atom stereocenters. The minimum absolute atomic E-state index is 0.0282. The summed E-state index contributed by atoms with van der Waals surface area (Å²) in [6, 6.07) is 6.06.